The van der Waals surface area contributed by atoms with Crippen molar-refractivity contribution in [1.29, 1.82) is 0 Å². The van der Waals surface area contributed by atoms with Crippen LogP contribution < -0.4 is 0 Å². The number of aryl methyl sites for hydroxylation is 2. The molecular weight excluding hydrogens is 224 g/mol. The summed E-state index contributed by atoms with van der Waals surface area (Å²) in [5.41, 5.74) is 2.72. The van der Waals surface area contributed by atoms with Crippen molar-refractivity contribution in [2.45, 2.75) is 26.7 Å². The van der Waals surface area contributed by atoms with Crippen LogP contribution >= 0.6 is 11.8 Å². The van der Waals surface area contributed by atoms with Gasteiger partial charge < -0.3 is 0 Å². The molecule has 0 nitrogen and oxygen atoms in total. The molecule has 1 heterocycles. The maximum absolute atomic E-state index is 2.18. The fourth-order valence-electron chi connectivity index (χ4n) is 2.11. The van der Waals surface area contributed by atoms with E-state index in [0.717, 1.165) is 0 Å². The zero-order chi connectivity index (χ0) is 12.1. The third kappa shape index (κ3) is 3.26. The first kappa shape index (κ1) is 12.5. The van der Waals surface area contributed by atoms with Crippen molar-refractivity contribution in [2.75, 3.05) is 11.5 Å². The lowest BCUT2D eigenvalue weighted by Crippen LogP contribution is -1.80. The van der Waals surface area contributed by atoms with Crippen molar-refractivity contribution in [2.24, 2.45) is 0 Å². The summed E-state index contributed by atoms with van der Waals surface area (Å²) >= 11 is 2.07. The Balaban J connectivity index is 0.000000181. The van der Waals surface area contributed by atoms with E-state index in [4.69, 9.17) is 0 Å². The van der Waals surface area contributed by atoms with Crippen molar-refractivity contribution < 1.29 is 0 Å². The average Bonchev–Trinajstić information content (AvgIpc) is 2.93. The van der Waals surface area contributed by atoms with E-state index in [1.165, 1.54) is 46.2 Å². The van der Waals surface area contributed by atoms with Gasteiger partial charge in [-0.1, -0.05) is 36.4 Å². The second-order valence-electron chi connectivity index (χ2n) is 4.56. The molecule has 0 N–H and O–H groups in total. The number of hydrogen-bond acceptors (Lipinski definition) is 1. The summed E-state index contributed by atoms with van der Waals surface area (Å²) in [6.45, 7) is 4.31. The van der Waals surface area contributed by atoms with Gasteiger partial charge in [0.05, 0.1) is 0 Å². The summed E-state index contributed by atoms with van der Waals surface area (Å²) in [5, 5.41) is 2.75. The molecular formula is C16H20S. The van der Waals surface area contributed by atoms with Gasteiger partial charge in [-0.25, -0.2) is 0 Å². The molecule has 0 bridgehead atoms. The third-order valence-corrected chi connectivity index (χ3v) is 4.34. The zero-order valence-corrected chi connectivity index (χ0v) is 11.5. The lowest BCUT2D eigenvalue weighted by molar-refractivity contribution is 0.949. The molecule has 1 fully saturated rings. The maximum Gasteiger partial charge on any atom is -0.00672 e. The number of fused-ring (bicyclic) bond motifs is 1. The van der Waals surface area contributed by atoms with Crippen LogP contribution in [0, 0.1) is 13.8 Å². The van der Waals surface area contributed by atoms with E-state index in [2.05, 4.69) is 62.0 Å². The first-order chi connectivity index (χ1) is 8.29. The minimum absolute atomic E-state index is 1.36. The summed E-state index contributed by atoms with van der Waals surface area (Å²) < 4.78 is 0. The molecule has 1 aliphatic heterocycles. The van der Waals surface area contributed by atoms with Crippen molar-refractivity contribution in [3.05, 3.63) is 47.5 Å². The smallest absolute Gasteiger partial charge is 0.00672 e. The topological polar surface area (TPSA) is 0 Å². The predicted molar refractivity (Wildman–Crippen MR) is 80.0 cm³/mol. The monoisotopic (exact) mass is 244 g/mol. The van der Waals surface area contributed by atoms with E-state index < -0.39 is 0 Å². The van der Waals surface area contributed by atoms with Crippen LogP contribution in [0.3, 0.4) is 0 Å². The minimum atomic E-state index is 1.36. The number of rotatable bonds is 0. The van der Waals surface area contributed by atoms with E-state index in [9.17, 15) is 0 Å². The van der Waals surface area contributed by atoms with Crippen LogP contribution in [0.25, 0.3) is 10.8 Å². The summed E-state index contributed by atoms with van der Waals surface area (Å²) in [5.74, 6) is 2.83. The van der Waals surface area contributed by atoms with Gasteiger partial charge in [0.1, 0.15) is 0 Å². The first-order valence-electron chi connectivity index (χ1n) is 6.32. The molecule has 3 rings (SSSR count). The van der Waals surface area contributed by atoms with Gasteiger partial charge >= 0.3 is 0 Å². The molecule has 0 unspecified atom stereocenters. The van der Waals surface area contributed by atoms with E-state index >= 15 is 0 Å². The van der Waals surface area contributed by atoms with Gasteiger partial charge in [0.25, 0.3) is 0 Å². The van der Waals surface area contributed by atoms with Crippen LogP contribution in [0.15, 0.2) is 36.4 Å². The SMILES string of the molecule is C1CCSC1.Cc1ccc(C)c2ccccc12. The second kappa shape index (κ2) is 6.11. The van der Waals surface area contributed by atoms with Gasteiger partial charge in [-0.2, -0.15) is 11.8 Å². The summed E-state index contributed by atoms with van der Waals surface area (Å²) in [6, 6.07) is 12.9. The first-order valence-corrected chi connectivity index (χ1v) is 7.47. The van der Waals surface area contributed by atoms with Crippen molar-refractivity contribution in [3.63, 3.8) is 0 Å². The summed E-state index contributed by atoms with van der Waals surface area (Å²) in [4.78, 5) is 0. The fraction of sp³-hybridized carbons (Fsp3) is 0.375. The molecule has 0 aromatic heterocycles. The quantitative estimate of drug-likeness (QED) is 0.630. The molecule has 0 atom stereocenters. The van der Waals surface area contributed by atoms with Crippen LogP contribution in [0.1, 0.15) is 24.0 Å². The molecule has 0 spiro atoms. The average molecular weight is 244 g/mol. The van der Waals surface area contributed by atoms with E-state index in [-0.39, 0.29) is 0 Å². The number of benzene rings is 2. The minimum Gasteiger partial charge on any atom is -0.162 e. The van der Waals surface area contributed by atoms with E-state index in [0.29, 0.717) is 0 Å². The van der Waals surface area contributed by atoms with Gasteiger partial charge in [0.2, 0.25) is 0 Å². The van der Waals surface area contributed by atoms with Gasteiger partial charge in [0, 0.05) is 0 Å². The molecule has 90 valence electrons. The highest BCUT2D eigenvalue weighted by atomic mass is 32.2. The van der Waals surface area contributed by atoms with Gasteiger partial charge in [0.15, 0.2) is 0 Å². The largest absolute Gasteiger partial charge is 0.162 e. The molecule has 17 heavy (non-hydrogen) atoms. The zero-order valence-electron chi connectivity index (χ0n) is 10.7. The standard InChI is InChI=1S/C12H12.C4H8S/c1-9-7-8-10(2)12-6-4-3-5-11(9)12;1-2-4-5-3-1/h3-8H,1-2H3;1-4H2. The van der Waals surface area contributed by atoms with Crippen LogP contribution in [0.2, 0.25) is 0 Å². The Hall–Kier alpha value is -0.950. The predicted octanol–water partition coefficient (Wildman–Crippen LogP) is 4.97. The van der Waals surface area contributed by atoms with Crippen LogP contribution in [-0.4, -0.2) is 11.5 Å². The number of hydrogen-bond donors (Lipinski definition) is 0. The van der Waals surface area contributed by atoms with E-state index in [1.54, 1.807) is 0 Å². The second-order valence-corrected chi connectivity index (χ2v) is 5.79. The van der Waals surface area contributed by atoms with Crippen molar-refractivity contribution in [1.82, 2.24) is 0 Å². The van der Waals surface area contributed by atoms with Gasteiger partial charge in [-0.05, 0) is 60.1 Å². The Morgan fingerprint density at radius 2 is 1.24 bits per heavy atom. The Morgan fingerprint density at radius 1 is 0.765 bits per heavy atom. The highest BCUT2D eigenvalue weighted by Crippen LogP contribution is 2.21. The molecule has 0 saturated carbocycles. The van der Waals surface area contributed by atoms with Crippen molar-refractivity contribution in [3.8, 4) is 0 Å². The van der Waals surface area contributed by atoms with Crippen LogP contribution in [0.5, 0.6) is 0 Å². The maximum atomic E-state index is 2.18. The van der Waals surface area contributed by atoms with Gasteiger partial charge in [-0.15, -0.1) is 0 Å². The summed E-state index contributed by atoms with van der Waals surface area (Å²) in [7, 11) is 0. The molecule has 2 aromatic carbocycles. The highest BCUT2D eigenvalue weighted by Gasteiger charge is 1.97. The Kier molecular flexibility index (Phi) is 4.49. The lowest BCUT2D eigenvalue weighted by Gasteiger charge is -2.03. The lowest BCUT2D eigenvalue weighted by atomic mass is 10.0. The normalized spacial score (nSPS) is 14.5. The molecule has 2 aromatic rings. The summed E-state index contributed by atoms with van der Waals surface area (Å²) in [6.07, 6.45) is 2.93. The Labute approximate surface area is 108 Å². The third-order valence-electron chi connectivity index (χ3n) is 3.19. The molecule has 1 saturated heterocycles. The molecule has 0 amide bonds. The molecule has 1 heteroatoms. The Morgan fingerprint density at radius 3 is 1.59 bits per heavy atom. The highest BCUT2D eigenvalue weighted by molar-refractivity contribution is 7.99. The number of thioether (sulfide) groups is 1. The van der Waals surface area contributed by atoms with Crippen LogP contribution in [0.4, 0.5) is 0 Å². The molecule has 0 aliphatic carbocycles. The molecule has 0 radical (unpaired) electrons. The van der Waals surface area contributed by atoms with Gasteiger partial charge in [-0.3, -0.25) is 0 Å². The van der Waals surface area contributed by atoms with Crippen LogP contribution in [-0.2, 0) is 0 Å². The fourth-order valence-corrected chi connectivity index (χ4v) is 3.13. The van der Waals surface area contributed by atoms with Crippen molar-refractivity contribution >= 4 is 22.5 Å². The van der Waals surface area contributed by atoms with E-state index in [1.807, 2.05) is 0 Å². The molecule has 1 aliphatic rings. The Bertz CT molecular complexity index is 436.